The third-order valence-corrected chi connectivity index (χ3v) is 3.16. The average molecular weight is 302 g/mol. The summed E-state index contributed by atoms with van der Waals surface area (Å²) >= 11 is 0. The van der Waals surface area contributed by atoms with Gasteiger partial charge in [-0.2, -0.15) is 0 Å². The molecule has 0 fully saturated rings. The Bertz CT molecular complexity index is 528. The first-order valence-electron chi connectivity index (χ1n) is 7.35. The first kappa shape index (κ1) is 16.3. The first-order chi connectivity index (χ1) is 10.8. The highest BCUT2D eigenvalue weighted by Crippen LogP contribution is 2.24. The molecule has 0 aliphatic heterocycles. The van der Waals surface area contributed by atoms with Crippen LogP contribution in [0.3, 0.4) is 0 Å². The highest BCUT2D eigenvalue weighted by Gasteiger charge is 2.04. The minimum absolute atomic E-state index is 0.170. The Hall–Kier alpha value is -2.04. The van der Waals surface area contributed by atoms with Crippen LogP contribution < -0.4 is 9.47 Å². The van der Waals surface area contributed by atoms with Crippen LogP contribution in [-0.2, 0) is 17.8 Å². The van der Waals surface area contributed by atoms with Crippen molar-refractivity contribution in [2.24, 2.45) is 0 Å². The van der Waals surface area contributed by atoms with E-state index in [1.54, 1.807) is 7.11 Å². The Labute approximate surface area is 131 Å². The van der Waals surface area contributed by atoms with Crippen molar-refractivity contribution < 1.29 is 19.3 Å². The zero-order valence-corrected chi connectivity index (χ0v) is 12.8. The van der Waals surface area contributed by atoms with Gasteiger partial charge >= 0.3 is 0 Å². The predicted octanol–water partition coefficient (Wildman–Crippen LogP) is 3.17. The second kappa shape index (κ2) is 9.07. The maximum atomic E-state index is 8.98. The second-order valence-corrected chi connectivity index (χ2v) is 4.96. The lowest BCUT2D eigenvalue weighted by Gasteiger charge is -2.12. The molecule has 0 saturated carbocycles. The van der Waals surface area contributed by atoms with E-state index in [1.807, 2.05) is 48.5 Å². The number of ether oxygens (including phenoxy) is 3. The summed E-state index contributed by atoms with van der Waals surface area (Å²) in [5, 5.41) is 8.98. The SMILES string of the molecule is COCOc1cc(CCCO)cc(OCc2ccccc2)c1. The molecule has 2 aromatic carbocycles. The monoisotopic (exact) mass is 302 g/mol. The van der Waals surface area contributed by atoms with Crippen LogP contribution in [0.5, 0.6) is 11.5 Å². The Morgan fingerprint density at radius 2 is 1.64 bits per heavy atom. The second-order valence-electron chi connectivity index (χ2n) is 4.96. The number of hydrogen-bond acceptors (Lipinski definition) is 4. The molecule has 0 aromatic heterocycles. The molecule has 0 atom stereocenters. The summed E-state index contributed by atoms with van der Waals surface area (Å²) in [6, 6.07) is 15.8. The zero-order valence-electron chi connectivity index (χ0n) is 12.8. The van der Waals surface area contributed by atoms with Crippen LogP contribution in [0.1, 0.15) is 17.5 Å². The summed E-state index contributed by atoms with van der Waals surface area (Å²) < 4.78 is 16.3. The van der Waals surface area contributed by atoms with Crippen LogP contribution in [0, 0.1) is 0 Å². The van der Waals surface area contributed by atoms with Crippen molar-refractivity contribution >= 4 is 0 Å². The Morgan fingerprint density at radius 3 is 2.32 bits per heavy atom. The molecule has 4 nitrogen and oxygen atoms in total. The molecule has 4 heteroatoms. The van der Waals surface area contributed by atoms with Crippen LogP contribution in [0.15, 0.2) is 48.5 Å². The Balaban J connectivity index is 2.06. The van der Waals surface area contributed by atoms with E-state index >= 15 is 0 Å². The lowest BCUT2D eigenvalue weighted by Crippen LogP contribution is -2.01. The number of aliphatic hydroxyl groups is 1. The fourth-order valence-corrected chi connectivity index (χ4v) is 2.09. The number of hydrogen-bond donors (Lipinski definition) is 1. The van der Waals surface area contributed by atoms with Crippen molar-refractivity contribution in [3.8, 4) is 11.5 Å². The van der Waals surface area contributed by atoms with Crippen molar-refractivity contribution in [1.82, 2.24) is 0 Å². The Morgan fingerprint density at radius 1 is 0.909 bits per heavy atom. The van der Waals surface area contributed by atoms with Crippen molar-refractivity contribution in [3.63, 3.8) is 0 Å². The van der Waals surface area contributed by atoms with E-state index < -0.39 is 0 Å². The van der Waals surface area contributed by atoms with E-state index in [-0.39, 0.29) is 13.4 Å². The zero-order chi connectivity index (χ0) is 15.6. The molecule has 0 bridgehead atoms. The van der Waals surface area contributed by atoms with Crippen LogP contribution in [-0.4, -0.2) is 25.6 Å². The minimum Gasteiger partial charge on any atom is -0.489 e. The van der Waals surface area contributed by atoms with Crippen molar-refractivity contribution in [2.45, 2.75) is 19.4 Å². The van der Waals surface area contributed by atoms with Gasteiger partial charge < -0.3 is 19.3 Å². The molecule has 0 saturated heterocycles. The van der Waals surface area contributed by atoms with Crippen LogP contribution >= 0.6 is 0 Å². The topological polar surface area (TPSA) is 47.9 Å². The standard InChI is InChI=1S/C18H22O4/c1-20-14-22-18-11-16(8-5-9-19)10-17(12-18)21-13-15-6-3-2-4-7-15/h2-4,6-7,10-12,19H,5,8-9,13-14H2,1H3. The van der Waals surface area contributed by atoms with Gasteiger partial charge in [0.25, 0.3) is 0 Å². The van der Waals surface area contributed by atoms with Crippen LogP contribution in [0.4, 0.5) is 0 Å². The van der Waals surface area contributed by atoms with Gasteiger partial charge in [-0.25, -0.2) is 0 Å². The van der Waals surface area contributed by atoms with E-state index in [9.17, 15) is 0 Å². The molecule has 0 radical (unpaired) electrons. The van der Waals surface area contributed by atoms with Gasteiger partial charge in [-0.15, -0.1) is 0 Å². The maximum Gasteiger partial charge on any atom is 0.188 e. The van der Waals surface area contributed by atoms with Gasteiger partial charge in [-0.05, 0) is 36.1 Å². The summed E-state index contributed by atoms with van der Waals surface area (Å²) in [5.41, 5.74) is 2.19. The molecule has 118 valence electrons. The van der Waals surface area contributed by atoms with Gasteiger partial charge in [-0.3, -0.25) is 0 Å². The van der Waals surface area contributed by atoms with Gasteiger partial charge in [0.1, 0.15) is 18.1 Å². The van der Waals surface area contributed by atoms with Crippen molar-refractivity contribution in [2.75, 3.05) is 20.5 Å². The highest BCUT2D eigenvalue weighted by molar-refractivity contribution is 5.38. The van der Waals surface area contributed by atoms with E-state index in [2.05, 4.69) is 0 Å². The number of aliphatic hydroxyl groups excluding tert-OH is 1. The molecule has 0 unspecified atom stereocenters. The highest BCUT2D eigenvalue weighted by atomic mass is 16.7. The van der Waals surface area contributed by atoms with E-state index in [0.29, 0.717) is 18.8 Å². The molecular weight excluding hydrogens is 280 g/mol. The molecule has 1 N–H and O–H groups in total. The number of aryl methyl sites for hydroxylation is 1. The summed E-state index contributed by atoms with van der Waals surface area (Å²) in [6.45, 7) is 0.874. The van der Waals surface area contributed by atoms with Gasteiger partial charge in [0, 0.05) is 19.8 Å². The summed E-state index contributed by atoms with van der Waals surface area (Å²) in [6.07, 6.45) is 1.49. The molecule has 22 heavy (non-hydrogen) atoms. The molecule has 0 heterocycles. The molecule has 2 aromatic rings. The molecule has 0 amide bonds. The van der Waals surface area contributed by atoms with E-state index in [0.717, 1.165) is 23.3 Å². The molecule has 0 aliphatic carbocycles. The predicted molar refractivity (Wildman–Crippen MR) is 85.1 cm³/mol. The van der Waals surface area contributed by atoms with Crippen LogP contribution in [0.25, 0.3) is 0 Å². The van der Waals surface area contributed by atoms with Gasteiger partial charge in [0.2, 0.25) is 0 Å². The summed E-state index contributed by atoms with van der Waals surface area (Å²) in [4.78, 5) is 0. The third-order valence-electron chi connectivity index (χ3n) is 3.16. The molecular formula is C18H22O4. The largest absolute Gasteiger partial charge is 0.489 e. The fraction of sp³-hybridized carbons (Fsp3) is 0.333. The minimum atomic E-state index is 0.170. The maximum absolute atomic E-state index is 8.98. The third kappa shape index (κ3) is 5.39. The smallest absolute Gasteiger partial charge is 0.188 e. The number of methoxy groups -OCH3 is 1. The normalized spacial score (nSPS) is 10.5. The summed E-state index contributed by atoms with van der Waals surface area (Å²) in [5.74, 6) is 1.46. The number of rotatable bonds is 9. The van der Waals surface area contributed by atoms with Crippen molar-refractivity contribution in [3.05, 3.63) is 59.7 Å². The van der Waals surface area contributed by atoms with E-state index in [1.165, 1.54) is 0 Å². The molecule has 0 spiro atoms. The average Bonchev–Trinajstić information content (AvgIpc) is 2.57. The summed E-state index contributed by atoms with van der Waals surface area (Å²) in [7, 11) is 1.59. The Kier molecular flexibility index (Phi) is 6.74. The van der Waals surface area contributed by atoms with E-state index in [4.69, 9.17) is 19.3 Å². The quantitative estimate of drug-likeness (QED) is 0.723. The van der Waals surface area contributed by atoms with Crippen molar-refractivity contribution in [1.29, 1.82) is 0 Å². The lowest BCUT2D eigenvalue weighted by molar-refractivity contribution is 0.0508. The molecule has 2 rings (SSSR count). The van der Waals surface area contributed by atoms with Gasteiger partial charge in [0.05, 0.1) is 0 Å². The molecule has 0 aliphatic rings. The first-order valence-corrected chi connectivity index (χ1v) is 7.35. The number of benzene rings is 2. The fourth-order valence-electron chi connectivity index (χ4n) is 2.09. The lowest BCUT2D eigenvalue weighted by atomic mass is 10.1. The van der Waals surface area contributed by atoms with Gasteiger partial charge in [0.15, 0.2) is 6.79 Å². The van der Waals surface area contributed by atoms with Crippen LogP contribution in [0.2, 0.25) is 0 Å². The van der Waals surface area contributed by atoms with Gasteiger partial charge in [-0.1, -0.05) is 30.3 Å².